The summed E-state index contributed by atoms with van der Waals surface area (Å²) < 4.78 is 23.5. The lowest BCUT2D eigenvalue weighted by Crippen LogP contribution is -2.38. The number of carbonyl (C=O) groups excluding carboxylic acids is 1. The fourth-order valence-corrected chi connectivity index (χ4v) is 1.64. The van der Waals surface area contributed by atoms with Crippen LogP contribution in [0.15, 0.2) is 24.3 Å². The van der Waals surface area contributed by atoms with Gasteiger partial charge in [0.15, 0.2) is 6.10 Å². The number of rotatable bonds is 9. The zero-order chi connectivity index (χ0) is 14.8. The molecule has 0 aliphatic rings. The molecule has 1 amide bonds. The molecule has 0 saturated carbocycles. The minimum Gasteiger partial charge on any atom is -0.481 e. The van der Waals surface area contributed by atoms with Gasteiger partial charge in [-0.1, -0.05) is 6.92 Å². The minimum absolute atomic E-state index is 0.159. The van der Waals surface area contributed by atoms with Crippen LogP contribution in [0.25, 0.3) is 0 Å². The van der Waals surface area contributed by atoms with Crippen molar-refractivity contribution in [2.24, 2.45) is 0 Å². The van der Waals surface area contributed by atoms with E-state index >= 15 is 0 Å². The Bertz CT molecular complexity index is 395. The number of hydrogen-bond donors (Lipinski definition) is 1. The Balaban J connectivity index is 2.37. The summed E-state index contributed by atoms with van der Waals surface area (Å²) in [6.45, 7) is 5.67. The predicted molar refractivity (Wildman–Crippen MR) is 75.2 cm³/mol. The van der Waals surface area contributed by atoms with Crippen molar-refractivity contribution < 1.29 is 18.7 Å². The number of halogens is 1. The molecule has 0 saturated heterocycles. The average Bonchev–Trinajstić information content (AvgIpc) is 2.46. The van der Waals surface area contributed by atoms with Crippen LogP contribution in [0.1, 0.15) is 26.7 Å². The third kappa shape index (κ3) is 6.02. The van der Waals surface area contributed by atoms with Crippen LogP contribution in [0, 0.1) is 5.82 Å². The van der Waals surface area contributed by atoms with Gasteiger partial charge in [-0.15, -0.1) is 0 Å². The lowest BCUT2D eigenvalue weighted by molar-refractivity contribution is -0.128. The molecule has 1 N–H and O–H groups in total. The largest absolute Gasteiger partial charge is 0.481 e. The quantitative estimate of drug-likeness (QED) is 0.708. The molecule has 0 unspecified atom stereocenters. The van der Waals surface area contributed by atoms with Gasteiger partial charge in [-0.3, -0.25) is 4.79 Å². The summed E-state index contributed by atoms with van der Waals surface area (Å²) >= 11 is 0. The Morgan fingerprint density at radius 2 is 2.00 bits per heavy atom. The first kappa shape index (κ1) is 16.4. The van der Waals surface area contributed by atoms with Crippen molar-refractivity contribution >= 4 is 5.91 Å². The summed E-state index contributed by atoms with van der Waals surface area (Å²) in [6, 6.07) is 5.64. The van der Waals surface area contributed by atoms with E-state index in [0.717, 1.165) is 6.42 Å². The van der Waals surface area contributed by atoms with E-state index in [1.165, 1.54) is 24.3 Å². The van der Waals surface area contributed by atoms with E-state index in [9.17, 15) is 9.18 Å². The first-order valence-electron chi connectivity index (χ1n) is 6.95. The molecule has 20 heavy (non-hydrogen) atoms. The van der Waals surface area contributed by atoms with Crippen molar-refractivity contribution in [1.29, 1.82) is 0 Å². The Morgan fingerprint density at radius 3 is 2.60 bits per heavy atom. The summed E-state index contributed by atoms with van der Waals surface area (Å²) in [5.41, 5.74) is 0. The molecule has 0 fully saturated rings. The molecule has 0 spiro atoms. The molecule has 0 aliphatic heterocycles. The van der Waals surface area contributed by atoms with Crippen molar-refractivity contribution in [3.63, 3.8) is 0 Å². The highest BCUT2D eigenvalue weighted by molar-refractivity contribution is 5.81. The Hall–Kier alpha value is -1.62. The van der Waals surface area contributed by atoms with E-state index in [1.807, 2.05) is 13.8 Å². The zero-order valence-electron chi connectivity index (χ0n) is 12.0. The molecule has 1 atom stereocenters. The maximum atomic E-state index is 12.8. The van der Waals surface area contributed by atoms with Crippen LogP contribution in [0.5, 0.6) is 5.75 Å². The molecule has 0 heterocycles. The van der Waals surface area contributed by atoms with Crippen LogP contribution in [0.4, 0.5) is 4.39 Å². The summed E-state index contributed by atoms with van der Waals surface area (Å²) in [5.74, 6) is 0.00168. The standard InChI is InChI=1S/C15H22FNO3/c1-3-14(15(18)17-10-5-11-19-4-2)20-13-8-6-12(16)7-9-13/h6-9,14H,3-5,10-11H2,1-2H3,(H,17,18)/t14-/m1/s1. The average molecular weight is 283 g/mol. The molecule has 0 aromatic heterocycles. The molecule has 0 radical (unpaired) electrons. The number of hydrogen-bond acceptors (Lipinski definition) is 3. The van der Waals surface area contributed by atoms with Gasteiger partial charge in [0, 0.05) is 19.8 Å². The highest BCUT2D eigenvalue weighted by Crippen LogP contribution is 2.14. The highest BCUT2D eigenvalue weighted by Gasteiger charge is 2.17. The van der Waals surface area contributed by atoms with Gasteiger partial charge in [0.1, 0.15) is 11.6 Å². The summed E-state index contributed by atoms with van der Waals surface area (Å²) in [7, 11) is 0. The van der Waals surface area contributed by atoms with Crippen LogP contribution in [-0.4, -0.2) is 31.8 Å². The third-order valence-corrected chi connectivity index (χ3v) is 2.72. The predicted octanol–water partition coefficient (Wildman–Crippen LogP) is 2.53. The van der Waals surface area contributed by atoms with E-state index in [4.69, 9.17) is 9.47 Å². The summed E-state index contributed by atoms with van der Waals surface area (Å²) in [5, 5.41) is 2.81. The van der Waals surface area contributed by atoms with Crippen LogP contribution in [0.2, 0.25) is 0 Å². The molecular formula is C15H22FNO3. The number of ether oxygens (including phenoxy) is 2. The van der Waals surface area contributed by atoms with Gasteiger partial charge in [-0.2, -0.15) is 0 Å². The van der Waals surface area contributed by atoms with Crippen molar-refractivity contribution in [1.82, 2.24) is 5.32 Å². The third-order valence-electron chi connectivity index (χ3n) is 2.72. The molecular weight excluding hydrogens is 261 g/mol. The van der Waals surface area contributed by atoms with Crippen LogP contribution >= 0.6 is 0 Å². The van der Waals surface area contributed by atoms with E-state index in [2.05, 4.69) is 5.32 Å². The van der Waals surface area contributed by atoms with Gasteiger partial charge in [0.05, 0.1) is 0 Å². The minimum atomic E-state index is -0.562. The molecule has 0 bridgehead atoms. The molecule has 5 heteroatoms. The number of benzene rings is 1. The number of amides is 1. The van der Waals surface area contributed by atoms with Crippen LogP contribution < -0.4 is 10.1 Å². The van der Waals surface area contributed by atoms with Crippen molar-refractivity contribution in [3.05, 3.63) is 30.1 Å². The zero-order valence-corrected chi connectivity index (χ0v) is 12.0. The van der Waals surface area contributed by atoms with Gasteiger partial charge in [0.25, 0.3) is 5.91 Å². The number of nitrogens with one attached hydrogen (secondary N) is 1. The SMILES string of the molecule is CCOCCCNC(=O)[C@@H](CC)Oc1ccc(F)cc1. The Labute approximate surface area is 119 Å². The second-order valence-corrected chi connectivity index (χ2v) is 4.31. The van der Waals surface area contributed by atoms with E-state index in [1.54, 1.807) is 0 Å². The van der Waals surface area contributed by atoms with Crippen molar-refractivity contribution in [3.8, 4) is 5.75 Å². The summed E-state index contributed by atoms with van der Waals surface area (Å²) in [6.07, 6.45) is 0.758. The first-order valence-corrected chi connectivity index (χ1v) is 6.95. The second kappa shape index (κ2) is 9.31. The van der Waals surface area contributed by atoms with Gasteiger partial charge >= 0.3 is 0 Å². The fraction of sp³-hybridized carbons (Fsp3) is 0.533. The van der Waals surface area contributed by atoms with E-state index in [-0.39, 0.29) is 11.7 Å². The Morgan fingerprint density at radius 1 is 1.30 bits per heavy atom. The van der Waals surface area contributed by atoms with Gasteiger partial charge < -0.3 is 14.8 Å². The molecule has 0 aliphatic carbocycles. The van der Waals surface area contributed by atoms with Crippen molar-refractivity contribution in [2.75, 3.05) is 19.8 Å². The van der Waals surface area contributed by atoms with Crippen LogP contribution in [0.3, 0.4) is 0 Å². The fourth-order valence-electron chi connectivity index (χ4n) is 1.64. The van der Waals surface area contributed by atoms with Crippen molar-refractivity contribution in [2.45, 2.75) is 32.8 Å². The lowest BCUT2D eigenvalue weighted by atomic mass is 10.2. The second-order valence-electron chi connectivity index (χ2n) is 4.31. The van der Waals surface area contributed by atoms with E-state index in [0.29, 0.717) is 31.9 Å². The first-order chi connectivity index (χ1) is 9.67. The topological polar surface area (TPSA) is 47.6 Å². The lowest BCUT2D eigenvalue weighted by Gasteiger charge is -2.17. The van der Waals surface area contributed by atoms with Gasteiger partial charge in [-0.25, -0.2) is 4.39 Å². The molecule has 4 nitrogen and oxygen atoms in total. The maximum absolute atomic E-state index is 12.8. The number of carbonyl (C=O) groups is 1. The molecule has 1 rings (SSSR count). The summed E-state index contributed by atoms with van der Waals surface area (Å²) in [4.78, 5) is 11.9. The smallest absolute Gasteiger partial charge is 0.261 e. The highest BCUT2D eigenvalue weighted by atomic mass is 19.1. The van der Waals surface area contributed by atoms with Crippen LogP contribution in [-0.2, 0) is 9.53 Å². The normalized spacial score (nSPS) is 11.9. The maximum Gasteiger partial charge on any atom is 0.261 e. The van der Waals surface area contributed by atoms with E-state index < -0.39 is 6.10 Å². The molecule has 1 aromatic rings. The van der Waals surface area contributed by atoms with Gasteiger partial charge in [-0.05, 0) is 44.0 Å². The van der Waals surface area contributed by atoms with Gasteiger partial charge in [0.2, 0.25) is 0 Å². The monoisotopic (exact) mass is 283 g/mol. The Kier molecular flexibility index (Phi) is 7.65. The molecule has 1 aromatic carbocycles. The molecule has 112 valence electrons.